The highest BCUT2D eigenvalue weighted by Crippen LogP contribution is 2.18. The van der Waals surface area contributed by atoms with Crippen LogP contribution in [0.1, 0.15) is 46.1 Å². The van der Waals surface area contributed by atoms with Gasteiger partial charge in [0.2, 0.25) is 5.91 Å². The third-order valence-corrected chi connectivity index (χ3v) is 5.72. The smallest absolute Gasteiger partial charge is 0.310 e. The Hall–Kier alpha value is -2.58. The van der Waals surface area contributed by atoms with Gasteiger partial charge in [-0.25, -0.2) is 0 Å². The molecule has 0 fully saturated rings. The van der Waals surface area contributed by atoms with Crippen LogP contribution in [-0.4, -0.2) is 70.1 Å². The summed E-state index contributed by atoms with van der Waals surface area (Å²) in [5, 5.41) is 13.8. The quantitative estimate of drug-likeness (QED) is 0.0714. The summed E-state index contributed by atoms with van der Waals surface area (Å²) in [7, 11) is 0. The molecule has 10 heteroatoms. The van der Waals surface area contributed by atoms with Crippen molar-refractivity contribution in [2.75, 3.05) is 52.8 Å². The molecule has 1 N–H and O–H groups in total. The molecule has 0 heterocycles. The van der Waals surface area contributed by atoms with Gasteiger partial charge in [-0.05, 0) is 54.1 Å². The van der Waals surface area contributed by atoms with Gasteiger partial charge in [-0.3, -0.25) is 9.59 Å². The van der Waals surface area contributed by atoms with Gasteiger partial charge in [-0.2, -0.15) is 5.26 Å². The number of hydrogen-bond donors (Lipinski definition) is 1. The monoisotopic (exact) mass is 564 g/mol. The van der Waals surface area contributed by atoms with E-state index in [2.05, 4.69) is 33.0 Å². The summed E-state index contributed by atoms with van der Waals surface area (Å²) in [5.41, 5.74) is 0.217. The number of allylic oxidation sites excluding steroid dienone is 1. The first-order valence-corrected chi connectivity index (χ1v) is 14.3. The van der Waals surface area contributed by atoms with Crippen molar-refractivity contribution in [1.29, 1.82) is 5.26 Å². The summed E-state index contributed by atoms with van der Waals surface area (Å²) < 4.78 is 27.5. The molecular formula is C29H44N2O7S. The Labute approximate surface area is 237 Å². The number of carbonyl (C=O) groups excluding carboxylic acids is 2. The van der Waals surface area contributed by atoms with Crippen molar-refractivity contribution in [2.45, 2.75) is 52.4 Å². The summed E-state index contributed by atoms with van der Waals surface area (Å²) in [6.45, 7) is 10.7. The van der Waals surface area contributed by atoms with Crippen LogP contribution in [0.2, 0.25) is 0 Å². The van der Waals surface area contributed by atoms with Crippen LogP contribution < -0.4 is 10.1 Å². The predicted octanol–water partition coefficient (Wildman–Crippen LogP) is 4.51. The van der Waals surface area contributed by atoms with Crippen molar-refractivity contribution in [2.24, 2.45) is 11.8 Å². The number of esters is 1. The molecule has 39 heavy (non-hydrogen) atoms. The third kappa shape index (κ3) is 20.0. The lowest BCUT2D eigenvalue weighted by Crippen LogP contribution is -2.28. The number of nitrogens with one attached hydrogen (secondary N) is 1. The number of thioether (sulfide) groups is 1. The van der Waals surface area contributed by atoms with E-state index < -0.39 is 5.44 Å². The first kappa shape index (κ1) is 34.4. The molecule has 0 aromatic heterocycles. The maximum Gasteiger partial charge on any atom is 0.310 e. The lowest BCUT2D eigenvalue weighted by Gasteiger charge is -2.16. The van der Waals surface area contributed by atoms with Crippen molar-refractivity contribution < 1.29 is 33.3 Å². The number of thiocyanates is 1. The maximum absolute atomic E-state index is 12.1. The van der Waals surface area contributed by atoms with Crippen LogP contribution >= 0.6 is 11.8 Å². The molecule has 0 saturated heterocycles. The van der Waals surface area contributed by atoms with Crippen molar-refractivity contribution >= 4 is 23.6 Å². The number of carbonyl (C=O) groups is 2. The Balaban J connectivity index is 2.28. The molecule has 218 valence electrons. The molecule has 9 nitrogen and oxygen atoms in total. The van der Waals surface area contributed by atoms with Crippen molar-refractivity contribution in [1.82, 2.24) is 5.32 Å². The Morgan fingerprint density at radius 2 is 1.87 bits per heavy atom. The molecule has 0 radical (unpaired) electrons. The minimum absolute atomic E-state index is 0.0635. The average Bonchev–Trinajstić information content (AvgIpc) is 2.89. The van der Waals surface area contributed by atoms with Gasteiger partial charge in [0.15, 0.2) is 5.44 Å². The molecule has 0 spiro atoms. The molecule has 0 saturated carbocycles. The van der Waals surface area contributed by atoms with Crippen LogP contribution in [0.15, 0.2) is 36.4 Å². The normalized spacial score (nSPS) is 12.0. The highest BCUT2D eigenvalue weighted by atomic mass is 32.2. The number of hydrogen-bond acceptors (Lipinski definition) is 9. The van der Waals surface area contributed by atoms with Gasteiger partial charge >= 0.3 is 5.97 Å². The lowest BCUT2D eigenvalue weighted by atomic mass is 10.1. The van der Waals surface area contributed by atoms with E-state index in [0.717, 1.165) is 30.2 Å². The Bertz CT molecular complexity index is 887. The fourth-order valence-corrected chi connectivity index (χ4v) is 3.60. The number of amides is 1. The Morgan fingerprint density at radius 3 is 2.62 bits per heavy atom. The van der Waals surface area contributed by atoms with Gasteiger partial charge in [-0.1, -0.05) is 52.0 Å². The molecule has 0 bridgehead atoms. The predicted molar refractivity (Wildman–Crippen MR) is 152 cm³/mol. The Kier molecular flexibility index (Phi) is 19.7. The molecule has 0 aliphatic heterocycles. The topological polar surface area (TPSA) is 116 Å². The van der Waals surface area contributed by atoms with Crippen molar-refractivity contribution in [3.63, 3.8) is 0 Å². The summed E-state index contributed by atoms with van der Waals surface area (Å²) in [5.74, 6) is 1.11. The molecule has 0 aliphatic carbocycles. The van der Waals surface area contributed by atoms with Crippen LogP contribution in [0.4, 0.5) is 0 Å². The fraction of sp³-hybridized carbons (Fsp3) is 0.621. The largest absolute Gasteiger partial charge is 0.490 e. The second-order valence-corrected chi connectivity index (χ2v) is 10.5. The van der Waals surface area contributed by atoms with Gasteiger partial charge in [0, 0.05) is 13.2 Å². The fourth-order valence-electron chi connectivity index (χ4n) is 3.18. The van der Waals surface area contributed by atoms with E-state index in [0.29, 0.717) is 37.3 Å². The zero-order chi connectivity index (χ0) is 28.7. The van der Waals surface area contributed by atoms with Crippen LogP contribution in [0.3, 0.4) is 0 Å². The number of nitrogens with zero attached hydrogens (tertiary/aromatic N) is 1. The summed E-state index contributed by atoms with van der Waals surface area (Å²) in [6, 6.07) is 7.14. The van der Waals surface area contributed by atoms with Gasteiger partial charge in [0.05, 0.1) is 26.2 Å². The number of ether oxygens (including phenoxy) is 5. The number of nitriles is 1. The number of benzene rings is 1. The zero-order valence-corrected chi connectivity index (χ0v) is 24.5. The maximum atomic E-state index is 12.1. The standard InChI is InChI=1S/C29H44N2O7S/c1-23(2)8-6-12-31-27(32)20-35-15-17-37-29(39-22-30)21-38-26-11-5-10-25(18-26)19-28(33)36-16-14-34-13-7-9-24(3)4/h5-6,8,10-11,18,23-24,29H,7,9,12-17,19-21H2,1-4H3,(H,31,32)/b8-6+. The molecule has 1 rings (SSSR count). The van der Waals surface area contributed by atoms with Crippen LogP contribution in [0.5, 0.6) is 5.75 Å². The van der Waals surface area contributed by atoms with Gasteiger partial charge in [0.1, 0.15) is 31.0 Å². The van der Waals surface area contributed by atoms with E-state index in [1.807, 2.05) is 23.6 Å². The van der Waals surface area contributed by atoms with E-state index in [1.54, 1.807) is 18.2 Å². The minimum Gasteiger partial charge on any atom is -0.490 e. The Morgan fingerprint density at radius 1 is 1.08 bits per heavy atom. The van der Waals surface area contributed by atoms with Crippen molar-refractivity contribution in [3.05, 3.63) is 42.0 Å². The summed E-state index contributed by atoms with van der Waals surface area (Å²) in [6.07, 6.45) is 6.16. The second kappa shape index (κ2) is 22.3. The first-order chi connectivity index (χ1) is 18.8. The van der Waals surface area contributed by atoms with Crippen LogP contribution in [0, 0.1) is 22.5 Å². The van der Waals surface area contributed by atoms with Gasteiger partial charge < -0.3 is 29.0 Å². The summed E-state index contributed by atoms with van der Waals surface area (Å²) >= 11 is 0.938. The molecule has 1 amide bonds. The van der Waals surface area contributed by atoms with E-state index in [9.17, 15) is 9.59 Å². The SMILES string of the molecule is CC(C)/C=C/CNC(=O)COCCOC(COc1cccc(CC(=O)OCCOCCCC(C)C)c1)SC#N. The van der Waals surface area contributed by atoms with E-state index in [-0.39, 0.29) is 51.3 Å². The summed E-state index contributed by atoms with van der Waals surface area (Å²) in [4.78, 5) is 23.9. The number of rotatable bonds is 22. The molecule has 1 atom stereocenters. The minimum atomic E-state index is -0.539. The molecule has 0 aliphatic rings. The van der Waals surface area contributed by atoms with Crippen LogP contribution in [-0.2, 0) is 35.0 Å². The van der Waals surface area contributed by atoms with E-state index in [4.69, 9.17) is 28.9 Å². The highest BCUT2D eigenvalue weighted by Gasteiger charge is 2.12. The van der Waals surface area contributed by atoms with E-state index in [1.165, 1.54) is 0 Å². The highest BCUT2D eigenvalue weighted by molar-refractivity contribution is 8.04. The third-order valence-electron chi connectivity index (χ3n) is 5.08. The second-order valence-electron chi connectivity index (χ2n) is 9.54. The lowest BCUT2D eigenvalue weighted by molar-refractivity contribution is -0.144. The molecule has 1 unspecified atom stereocenters. The van der Waals surface area contributed by atoms with Gasteiger partial charge in [-0.15, -0.1) is 0 Å². The molecule has 1 aromatic carbocycles. The van der Waals surface area contributed by atoms with Gasteiger partial charge in [0.25, 0.3) is 0 Å². The van der Waals surface area contributed by atoms with E-state index >= 15 is 0 Å². The molecule has 1 aromatic rings. The first-order valence-electron chi connectivity index (χ1n) is 13.4. The van der Waals surface area contributed by atoms with Crippen LogP contribution in [0.25, 0.3) is 0 Å². The van der Waals surface area contributed by atoms with Crippen molar-refractivity contribution in [3.8, 4) is 11.2 Å². The molecular weight excluding hydrogens is 520 g/mol. The average molecular weight is 565 g/mol. The zero-order valence-electron chi connectivity index (χ0n) is 23.7.